The minimum Gasteiger partial charge on any atom is -0.478 e. The van der Waals surface area contributed by atoms with Gasteiger partial charge in [-0.3, -0.25) is 19.2 Å². The molecule has 376 valence electrons. The number of nitrogens with zero attached hydrogens (tertiary/aromatic N) is 3. The van der Waals surface area contributed by atoms with Crippen LogP contribution in [0.5, 0.6) is 5.75 Å². The van der Waals surface area contributed by atoms with Crippen LogP contribution in [0.15, 0.2) is 77.8 Å². The smallest absolute Gasteiger partial charge is 0.333 e. The van der Waals surface area contributed by atoms with Crippen LogP contribution >= 0.6 is 34.8 Å². The number of amides is 3. The number of nitrogens with one attached hydrogen (secondary N) is 5. The minimum atomic E-state index is -1.20. The summed E-state index contributed by atoms with van der Waals surface area (Å²) in [4.78, 5) is 72.0. The van der Waals surface area contributed by atoms with Gasteiger partial charge in [-0.25, -0.2) is 14.5 Å². The Balaban J connectivity index is 0.947. The van der Waals surface area contributed by atoms with E-state index in [1.54, 1.807) is 69.4 Å². The number of carbonyl (C=O) groups is 4. The summed E-state index contributed by atoms with van der Waals surface area (Å²) < 4.78 is 29.3. The first-order valence-corrected chi connectivity index (χ1v) is 23.7. The van der Waals surface area contributed by atoms with Crippen molar-refractivity contribution in [2.24, 2.45) is 0 Å². The van der Waals surface area contributed by atoms with Crippen molar-refractivity contribution in [3.63, 3.8) is 0 Å². The maximum Gasteiger partial charge on any atom is 0.333 e. The third-order valence-corrected chi connectivity index (χ3v) is 11.2. The average Bonchev–Trinajstić information content (AvgIpc) is 3.68. The first-order chi connectivity index (χ1) is 33.4. The second kappa shape index (κ2) is 26.3. The highest BCUT2D eigenvalue weighted by atomic mass is 35.5. The van der Waals surface area contributed by atoms with E-state index in [1.807, 2.05) is 26.0 Å². The van der Waals surface area contributed by atoms with Gasteiger partial charge in [0.05, 0.1) is 61.1 Å². The minimum absolute atomic E-state index is 0.0196. The van der Waals surface area contributed by atoms with Crippen molar-refractivity contribution in [2.45, 2.75) is 71.4 Å². The van der Waals surface area contributed by atoms with Crippen LogP contribution in [0.25, 0.3) is 16.7 Å². The molecule has 0 aliphatic heterocycles. The Hall–Kier alpha value is -6.02. The van der Waals surface area contributed by atoms with Gasteiger partial charge in [-0.1, -0.05) is 67.4 Å². The van der Waals surface area contributed by atoms with Crippen molar-refractivity contribution in [3.05, 3.63) is 121 Å². The summed E-state index contributed by atoms with van der Waals surface area (Å²) in [6.45, 7) is 14.5. The monoisotopic (exact) mass is 1020 g/mol. The van der Waals surface area contributed by atoms with Crippen molar-refractivity contribution < 1.29 is 42.9 Å². The Morgan fingerprint density at radius 1 is 0.857 bits per heavy atom. The molecule has 0 spiro atoms. The molecule has 0 bridgehead atoms. The summed E-state index contributed by atoms with van der Waals surface area (Å²) in [6.07, 6.45) is 0.260. The Morgan fingerprint density at radius 2 is 1.46 bits per heavy atom. The third kappa shape index (κ3) is 16.0. The van der Waals surface area contributed by atoms with Crippen molar-refractivity contribution in [3.8, 4) is 11.4 Å². The molecule has 0 radical (unpaired) electrons. The van der Waals surface area contributed by atoms with Gasteiger partial charge < -0.3 is 49.9 Å². The number of esters is 1. The predicted octanol–water partition coefficient (Wildman–Crippen LogP) is 6.92. The van der Waals surface area contributed by atoms with Gasteiger partial charge >= 0.3 is 5.97 Å². The van der Waals surface area contributed by atoms with Crippen LogP contribution in [0.1, 0.15) is 80.8 Å². The van der Waals surface area contributed by atoms with E-state index < -0.39 is 23.5 Å². The van der Waals surface area contributed by atoms with E-state index in [2.05, 4.69) is 32.8 Å². The molecule has 0 aliphatic rings. The van der Waals surface area contributed by atoms with Gasteiger partial charge in [0, 0.05) is 49.3 Å². The first-order valence-electron chi connectivity index (χ1n) is 22.6. The fourth-order valence-corrected chi connectivity index (χ4v) is 7.80. The molecule has 5 rings (SSSR count). The molecule has 2 heterocycles. The van der Waals surface area contributed by atoms with Crippen LogP contribution in [-0.4, -0.2) is 115 Å². The zero-order valence-corrected chi connectivity index (χ0v) is 42.2. The Labute approximate surface area is 421 Å². The summed E-state index contributed by atoms with van der Waals surface area (Å²) >= 11 is 19.3. The van der Waals surface area contributed by atoms with Gasteiger partial charge in [0.15, 0.2) is 11.2 Å². The van der Waals surface area contributed by atoms with Crippen molar-refractivity contribution in [2.75, 3.05) is 65.1 Å². The SMILES string of the molecule is C=C(C)OC(=O)[C@@H](CCC(=O)NCCOCCOCCOCCNC(=O)C(C)(C)Oc1ccc(Cc2nc3c(c(C(C)C)nn3-c3c(Cl)cc(Cl)cc3Cl)c(=O)[nH]2)cc1)NC(=O)c1ccc(NC)cc1. The van der Waals surface area contributed by atoms with E-state index in [1.165, 1.54) is 11.6 Å². The number of H-pyrrole nitrogens is 1. The Bertz CT molecular complexity index is 2650. The Kier molecular flexibility index (Phi) is 20.6. The lowest BCUT2D eigenvalue weighted by Crippen LogP contribution is -2.47. The van der Waals surface area contributed by atoms with Crippen LogP contribution in [0.2, 0.25) is 15.1 Å². The molecule has 18 nitrogen and oxygen atoms in total. The van der Waals surface area contributed by atoms with Crippen LogP contribution in [-0.2, 0) is 39.8 Å². The van der Waals surface area contributed by atoms with Crippen molar-refractivity contribution in [1.29, 1.82) is 0 Å². The molecule has 70 heavy (non-hydrogen) atoms. The number of hydrogen-bond donors (Lipinski definition) is 5. The van der Waals surface area contributed by atoms with E-state index in [9.17, 15) is 24.0 Å². The number of aromatic nitrogens is 4. The maximum atomic E-state index is 13.4. The lowest BCUT2D eigenvalue weighted by atomic mass is 10.1. The van der Waals surface area contributed by atoms with E-state index in [0.29, 0.717) is 71.0 Å². The quantitative estimate of drug-likeness (QED) is 0.0205. The maximum absolute atomic E-state index is 13.4. The molecule has 21 heteroatoms. The first kappa shape index (κ1) is 54.9. The number of rotatable bonds is 27. The van der Waals surface area contributed by atoms with Gasteiger partial charge in [-0.05, 0) is 87.2 Å². The molecule has 5 aromatic rings. The molecule has 3 amide bonds. The van der Waals surface area contributed by atoms with Crippen LogP contribution in [0.3, 0.4) is 0 Å². The lowest BCUT2D eigenvalue weighted by Gasteiger charge is -2.25. The van der Waals surface area contributed by atoms with Gasteiger partial charge in [-0.2, -0.15) is 5.10 Å². The third-order valence-electron chi connectivity index (χ3n) is 10.4. The highest BCUT2D eigenvalue weighted by Crippen LogP contribution is 2.35. The number of carbonyl (C=O) groups excluding carboxylic acids is 4. The van der Waals surface area contributed by atoms with E-state index in [0.717, 1.165) is 11.3 Å². The molecular weight excluding hydrogens is 967 g/mol. The predicted molar refractivity (Wildman–Crippen MR) is 268 cm³/mol. The molecule has 3 aromatic carbocycles. The van der Waals surface area contributed by atoms with Gasteiger partial charge in [0.1, 0.15) is 28.7 Å². The van der Waals surface area contributed by atoms with E-state index >= 15 is 0 Å². The molecule has 0 aliphatic carbocycles. The van der Waals surface area contributed by atoms with Gasteiger partial charge in [0.25, 0.3) is 17.4 Å². The average molecular weight is 1030 g/mol. The summed E-state index contributed by atoms with van der Waals surface area (Å²) in [5.41, 5.74) is 1.68. The summed E-state index contributed by atoms with van der Waals surface area (Å²) in [5, 5.41) is 17.1. The normalized spacial score (nSPS) is 11.9. The number of hydrogen-bond acceptors (Lipinski definition) is 13. The number of ether oxygens (including phenoxy) is 5. The number of aromatic amines is 1. The number of anilines is 1. The van der Waals surface area contributed by atoms with Crippen molar-refractivity contribution in [1.82, 2.24) is 35.7 Å². The summed E-state index contributed by atoms with van der Waals surface area (Å²) in [7, 11) is 1.76. The van der Waals surface area contributed by atoms with Crippen LogP contribution in [0, 0.1) is 0 Å². The highest BCUT2D eigenvalue weighted by Gasteiger charge is 2.30. The molecule has 0 saturated heterocycles. The fraction of sp³-hybridized carbons (Fsp3) is 0.408. The Morgan fingerprint density at radius 3 is 2.04 bits per heavy atom. The second-order valence-electron chi connectivity index (χ2n) is 16.8. The summed E-state index contributed by atoms with van der Waals surface area (Å²) in [6, 6.07) is 15.9. The zero-order valence-electron chi connectivity index (χ0n) is 40.0. The number of fused-ring (bicyclic) bond motifs is 1. The molecule has 5 N–H and O–H groups in total. The van der Waals surface area contributed by atoms with Crippen LogP contribution < -0.4 is 31.6 Å². The number of halogens is 3. The number of benzene rings is 3. The second-order valence-corrected chi connectivity index (χ2v) is 18.0. The van der Waals surface area contributed by atoms with Gasteiger partial charge in [0.2, 0.25) is 5.91 Å². The van der Waals surface area contributed by atoms with Crippen LogP contribution in [0.4, 0.5) is 5.69 Å². The zero-order chi connectivity index (χ0) is 51.0. The molecule has 0 fully saturated rings. The largest absolute Gasteiger partial charge is 0.478 e. The standard InChI is InChI=1S/C49H59Cl3N8O10/c1-29(2)42-41-44(60(59-42)43-36(51)27-33(50)28-37(43)52)57-39(58-46(41)63)26-31-8-14-35(15-9-31)70-49(5,6)48(65)55-19-21-67-23-25-68-24-22-66-20-18-54-40(61)17-16-38(47(64)69-30(3)4)56-45(62)32-10-12-34(53-7)13-11-32/h8-15,27-29,38,53H,3,16-26H2,1-2,4-7H3,(H,54,61)(H,55,65)(H,56,62)(H,57,58,63)/t38-/m1/s1. The molecular formula is C49H59Cl3N8O10. The lowest BCUT2D eigenvalue weighted by molar-refractivity contribution is -0.141. The highest BCUT2D eigenvalue weighted by molar-refractivity contribution is 6.40. The summed E-state index contributed by atoms with van der Waals surface area (Å²) in [5.74, 6) is -0.907. The number of allylic oxidation sites excluding steroid dienone is 1. The van der Waals surface area contributed by atoms with Gasteiger partial charge in [-0.15, -0.1) is 0 Å². The van der Waals surface area contributed by atoms with Crippen molar-refractivity contribution >= 4 is 75.2 Å². The molecule has 0 saturated carbocycles. The topological polar surface area (TPSA) is 226 Å². The van der Waals surface area contributed by atoms with E-state index in [-0.39, 0.29) is 84.7 Å². The fourth-order valence-electron chi connectivity index (χ4n) is 6.83. The molecule has 2 aromatic heterocycles. The van der Waals surface area contributed by atoms with E-state index in [4.69, 9.17) is 68.6 Å². The molecule has 0 unspecified atom stereocenters. The molecule has 1 atom stereocenters.